The van der Waals surface area contributed by atoms with E-state index in [1.165, 1.54) is 18.5 Å². The van der Waals surface area contributed by atoms with Gasteiger partial charge in [0.1, 0.15) is 0 Å². The Hall–Kier alpha value is -0.860. The predicted octanol–water partition coefficient (Wildman–Crippen LogP) is 2.26. The van der Waals surface area contributed by atoms with Gasteiger partial charge in [-0.25, -0.2) is 0 Å². The van der Waals surface area contributed by atoms with Crippen molar-refractivity contribution in [3.63, 3.8) is 0 Å². The molecule has 1 heterocycles. The Morgan fingerprint density at radius 1 is 1.25 bits per heavy atom. The van der Waals surface area contributed by atoms with Gasteiger partial charge in [-0.05, 0) is 18.9 Å². The quantitative estimate of drug-likeness (QED) is 0.837. The average Bonchev–Trinajstić information content (AvgIpc) is 2.29. The predicted molar refractivity (Wildman–Crippen MR) is 68.4 cm³/mol. The summed E-state index contributed by atoms with van der Waals surface area (Å²) < 4.78 is 0. The molecule has 1 aromatic carbocycles. The van der Waals surface area contributed by atoms with Gasteiger partial charge in [-0.2, -0.15) is 0 Å². The summed E-state index contributed by atoms with van der Waals surface area (Å²) in [6, 6.07) is 12.0. The second-order valence-electron chi connectivity index (χ2n) is 4.85. The van der Waals surface area contributed by atoms with E-state index in [2.05, 4.69) is 54.4 Å². The SMILES string of the molecule is CCC1CN(Cc2ccccc2)CC(C)N1. The van der Waals surface area contributed by atoms with E-state index < -0.39 is 0 Å². The van der Waals surface area contributed by atoms with Gasteiger partial charge in [-0.3, -0.25) is 4.90 Å². The summed E-state index contributed by atoms with van der Waals surface area (Å²) in [7, 11) is 0. The third kappa shape index (κ3) is 3.06. The van der Waals surface area contributed by atoms with E-state index in [-0.39, 0.29) is 0 Å². The molecular formula is C14H22N2. The molecular weight excluding hydrogens is 196 g/mol. The Labute approximate surface area is 98.7 Å². The fourth-order valence-corrected chi connectivity index (χ4v) is 2.50. The standard InChI is InChI=1S/C14H22N2/c1-3-14-11-16(9-12(2)15-14)10-13-7-5-4-6-8-13/h4-8,12,14-15H,3,9-11H2,1-2H3. The van der Waals surface area contributed by atoms with Crippen molar-refractivity contribution in [2.24, 2.45) is 0 Å². The van der Waals surface area contributed by atoms with Gasteiger partial charge in [0.2, 0.25) is 0 Å². The number of nitrogens with zero attached hydrogens (tertiary/aromatic N) is 1. The van der Waals surface area contributed by atoms with Crippen LogP contribution in [0.5, 0.6) is 0 Å². The van der Waals surface area contributed by atoms with E-state index in [0.717, 1.165) is 13.1 Å². The first kappa shape index (κ1) is 11.6. The molecule has 0 aromatic heterocycles. The van der Waals surface area contributed by atoms with Crippen LogP contribution in [0.4, 0.5) is 0 Å². The number of hydrogen-bond donors (Lipinski definition) is 1. The molecule has 0 amide bonds. The zero-order valence-electron chi connectivity index (χ0n) is 10.3. The molecule has 1 N–H and O–H groups in total. The third-order valence-electron chi connectivity index (χ3n) is 3.27. The molecule has 16 heavy (non-hydrogen) atoms. The fourth-order valence-electron chi connectivity index (χ4n) is 2.50. The molecule has 0 radical (unpaired) electrons. The van der Waals surface area contributed by atoms with Crippen molar-refractivity contribution in [3.8, 4) is 0 Å². The monoisotopic (exact) mass is 218 g/mol. The summed E-state index contributed by atoms with van der Waals surface area (Å²) in [4.78, 5) is 2.56. The Kier molecular flexibility index (Phi) is 3.97. The maximum absolute atomic E-state index is 3.64. The van der Waals surface area contributed by atoms with Crippen molar-refractivity contribution in [2.75, 3.05) is 13.1 Å². The largest absolute Gasteiger partial charge is 0.309 e. The summed E-state index contributed by atoms with van der Waals surface area (Å²) >= 11 is 0. The third-order valence-corrected chi connectivity index (χ3v) is 3.27. The van der Waals surface area contributed by atoms with Crippen LogP contribution in [-0.2, 0) is 6.54 Å². The van der Waals surface area contributed by atoms with Gasteiger partial charge in [0, 0.05) is 31.7 Å². The summed E-state index contributed by atoms with van der Waals surface area (Å²) in [5, 5.41) is 3.64. The van der Waals surface area contributed by atoms with E-state index >= 15 is 0 Å². The highest BCUT2D eigenvalue weighted by atomic mass is 15.2. The average molecular weight is 218 g/mol. The highest BCUT2D eigenvalue weighted by Gasteiger charge is 2.22. The lowest BCUT2D eigenvalue weighted by Crippen LogP contribution is -2.54. The van der Waals surface area contributed by atoms with Crippen molar-refractivity contribution in [3.05, 3.63) is 35.9 Å². The van der Waals surface area contributed by atoms with Gasteiger partial charge >= 0.3 is 0 Å². The van der Waals surface area contributed by atoms with Crippen LogP contribution in [0, 0.1) is 0 Å². The zero-order valence-corrected chi connectivity index (χ0v) is 10.3. The molecule has 1 fully saturated rings. The lowest BCUT2D eigenvalue weighted by molar-refractivity contribution is 0.157. The maximum atomic E-state index is 3.64. The highest BCUT2D eigenvalue weighted by molar-refractivity contribution is 5.14. The minimum atomic E-state index is 0.613. The van der Waals surface area contributed by atoms with E-state index in [1.54, 1.807) is 0 Å². The molecule has 2 unspecified atom stereocenters. The van der Waals surface area contributed by atoms with Crippen LogP contribution >= 0.6 is 0 Å². The van der Waals surface area contributed by atoms with E-state index in [0.29, 0.717) is 12.1 Å². The minimum absolute atomic E-state index is 0.613. The molecule has 1 aromatic rings. The van der Waals surface area contributed by atoms with Crippen molar-refractivity contribution in [1.82, 2.24) is 10.2 Å². The van der Waals surface area contributed by atoms with Gasteiger partial charge in [0.15, 0.2) is 0 Å². The summed E-state index contributed by atoms with van der Waals surface area (Å²) in [6.45, 7) is 7.96. The fraction of sp³-hybridized carbons (Fsp3) is 0.571. The van der Waals surface area contributed by atoms with Crippen LogP contribution in [-0.4, -0.2) is 30.1 Å². The lowest BCUT2D eigenvalue weighted by atomic mass is 10.1. The van der Waals surface area contributed by atoms with Gasteiger partial charge in [-0.15, -0.1) is 0 Å². The molecule has 1 aliphatic rings. The number of nitrogens with one attached hydrogen (secondary N) is 1. The molecule has 2 rings (SSSR count). The normalized spacial score (nSPS) is 26.9. The Bertz CT molecular complexity index is 310. The van der Waals surface area contributed by atoms with Crippen molar-refractivity contribution in [1.29, 1.82) is 0 Å². The first-order chi connectivity index (χ1) is 7.78. The Morgan fingerprint density at radius 3 is 2.69 bits per heavy atom. The molecule has 2 nitrogen and oxygen atoms in total. The number of hydrogen-bond acceptors (Lipinski definition) is 2. The Balaban J connectivity index is 1.94. The van der Waals surface area contributed by atoms with E-state index in [1.807, 2.05) is 0 Å². The number of rotatable bonds is 3. The minimum Gasteiger partial charge on any atom is -0.309 e. The van der Waals surface area contributed by atoms with Gasteiger partial charge in [-0.1, -0.05) is 37.3 Å². The molecule has 0 saturated carbocycles. The first-order valence-corrected chi connectivity index (χ1v) is 6.30. The van der Waals surface area contributed by atoms with Gasteiger partial charge in [0.25, 0.3) is 0 Å². The zero-order chi connectivity index (χ0) is 11.4. The first-order valence-electron chi connectivity index (χ1n) is 6.30. The van der Waals surface area contributed by atoms with Crippen LogP contribution in [0.25, 0.3) is 0 Å². The molecule has 0 aliphatic carbocycles. The van der Waals surface area contributed by atoms with Gasteiger partial charge < -0.3 is 5.32 Å². The topological polar surface area (TPSA) is 15.3 Å². The summed E-state index contributed by atoms with van der Waals surface area (Å²) in [5.74, 6) is 0. The van der Waals surface area contributed by atoms with Crippen LogP contribution in [0.3, 0.4) is 0 Å². The van der Waals surface area contributed by atoms with Crippen molar-refractivity contribution in [2.45, 2.75) is 38.9 Å². The number of benzene rings is 1. The molecule has 1 saturated heterocycles. The second kappa shape index (κ2) is 5.46. The van der Waals surface area contributed by atoms with Gasteiger partial charge in [0.05, 0.1) is 0 Å². The van der Waals surface area contributed by atoms with Crippen LogP contribution in [0.2, 0.25) is 0 Å². The lowest BCUT2D eigenvalue weighted by Gasteiger charge is -2.37. The highest BCUT2D eigenvalue weighted by Crippen LogP contribution is 2.11. The molecule has 1 aliphatic heterocycles. The van der Waals surface area contributed by atoms with Crippen LogP contribution in [0.15, 0.2) is 30.3 Å². The molecule has 88 valence electrons. The summed E-state index contributed by atoms with van der Waals surface area (Å²) in [6.07, 6.45) is 1.22. The van der Waals surface area contributed by atoms with Crippen LogP contribution < -0.4 is 5.32 Å². The summed E-state index contributed by atoms with van der Waals surface area (Å²) in [5.41, 5.74) is 1.42. The van der Waals surface area contributed by atoms with Crippen LogP contribution in [0.1, 0.15) is 25.8 Å². The van der Waals surface area contributed by atoms with Crippen molar-refractivity contribution >= 4 is 0 Å². The molecule has 0 spiro atoms. The smallest absolute Gasteiger partial charge is 0.0235 e. The maximum Gasteiger partial charge on any atom is 0.0235 e. The molecule has 2 atom stereocenters. The number of piperazine rings is 1. The molecule has 0 bridgehead atoms. The second-order valence-corrected chi connectivity index (χ2v) is 4.85. The van der Waals surface area contributed by atoms with E-state index in [4.69, 9.17) is 0 Å². The van der Waals surface area contributed by atoms with E-state index in [9.17, 15) is 0 Å². The Morgan fingerprint density at radius 2 is 2.00 bits per heavy atom. The molecule has 2 heteroatoms. The van der Waals surface area contributed by atoms with Crippen molar-refractivity contribution < 1.29 is 0 Å².